The van der Waals surface area contributed by atoms with Crippen LogP contribution in [0, 0.1) is 11.3 Å². The lowest BCUT2D eigenvalue weighted by atomic mass is 10.1. The molecule has 0 spiro atoms. The lowest BCUT2D eigenvalue weighted by Crippen LogP contribution is -1.86. The number of aryl methyl sites for hydroxylation is 1. The van der Waals surface area contributed by atoms with Crippen LogP contribution >= 0.6 is 15.9 Å². The van der Waals surface area contributed by atoms with Gasteiger partial charge in [-0.1, -0.05) is 12.1 Å². The van der Waals surface area contributed by atoms with Crippen LogP contribution in [0.15, 0.2) is 28.9 Å². The summed E-state index contributed by atoms with van der Waals surface area (Å²) in [6.07, 6.45) is 2.50. The summed E-state index contributed by atoms with van der Waals surface area (Å²) in [5.74, 6) is 0. The Bertz CT molecular complexity index is 520. The number of halogens is 1. The predicted octanol–water partition coefficient (Wildman–Crippen LogP) is 3.01. The SMILES string of the molecule is Cn1cc(Br)c2ccc(CC#N)cc21. The third-order valence-corrected chi connectivity index (χ3v) is 2.92. The number of fused-ring (bicyclic) bond motifs is 1. The van der Waals surface area contributed by atoms with E-state index in [1.807, 2.05) is 25.4 Å². The van der Waals surface area contributed by atoms with E-state index in [2.05, 4.69) is 32.6 Å². The molecule has 0 saturated carbocycles. The Morgan fingerprint density at radius 3 is 3.00 bits per heavy atom. The van der Waals surface area contributed by atoms with Gasteiger partial charge < -0.3 is 4.57 Å². The van der Waals surface area contributed by atoms with Gasteiger partial charge in [-0.2, -0.15) is 5.26 Å². The van der Waals surface area contributed by atoms with Crippen LogP contribution in [-0.4, -0.2) is 4.57 Å². The fraction of sp³-hybridized carbons (Fsp3) is 0.182. The first-order valence-electron chi connectivity index (χ1n) is 4.33. The van der Waals surface area contributed by atoms with E-state index in [0.29, 0.717) is 6.42 Å². The molecule has 70 valence electrons. The number of hydrogen-bond donors (Lipinski definition) is 0. The van der Waals surface area contributed by atoms with Crippen LogP contribution in [0.4, 0.5) is 0 Å². The summed E-state index contributed by atoms with van der Waals surface area (Å²) in [5, 5.41) is 9.79. The second-order valence-corrected chi connectivity index (χ2v) is 4.13. The van der Waals surface area contributed by atoms with Crippen LogP contribution in [0.2, 0.25) is 0 Å². The summed E-state index contributed by atoms with van der Waals surface area (Å²) < 4.78 is 3.15. The summed E-state index contributed by atoms with van der Waals surface area (Å²) in [7, 11) is 2.00. The summed E-state index contributed by atoms with van der Waals surface area (Å²) in [6.45, 7) is 0. The smallest absolute Gasteiger partial charge is 0.0669 e. The summed E-state index contributed by atoms with van der Waals surface area (Å²) in [5.41, 5.74) is 2.22. The van der Waals surface area contributed by atoms with Crippen molar-refractivity contribution in [3.05, 3.63) is 34.4 Å². The van der Waals surface area contributed by atoms with Crippen molar-refractivity contribution in [3.8, 4) is 6.07 Å². The van der Waals surface area contributed by atoms with E-state index in [9.17, 15) is 0 Å². The van der Waals surface area contributed by atoms with E-state index in [1.165, 1.54) is 5.39 Å². The van der Waals surface area contributed by atoms with Crippen molar-refractivity contribution < 1.29 is 0 Å². The highest BCUT2D eigenvalue weighted by molar-refractivity contribution is 9.10. The van der Waals surface area contributed by atoms with Crippen molar-refractivity contribution in [1.29, 1.82) is 5.26 Å². The maximum absolute atomic E-state index is 8.60. The second-order valence-electron chi connectivity index (χ2n) is 3.27. The normalized spacial score (nSPS) is 10.4. The van der Waals surface area contributed by atoms with E-state index >= 15 is 0 Å². The number of hydrogen-bond acceptors (Lipinski definition) is 1. The minimum Gasteiger partial charge on any atom is -0.349 e. The largest absolute Gasteiger partial charge is 0.349 e. The van der Waals surface area contributed by atoms with E-state index < -0.39 is 0 Å². The molecule has 1 heterocycles. The minimum absolute atomic E-state index is 0.471. The van der Waals surface area contributed by atoms with Gasteiger partial charge >= 0.3 is 0 Å². The topological polar surface area (TPSA) is 28.7 Å². The highest BCUT2D eigenvalue weighted by Gasteiger charge is 2.04. The molecular formula is C11H9BrN2. The van der Waals surface area contributed by atoms with Gasteiger partial charge in [-0.05, 0) is 27.6 Å². The van der Waals surface area contributed by atoms with Gasteiger partial charge in [-0.3, -0.25) is 0 Å². The number of nitriles is 1. The number of rotatable bonds is 1. The molecule has 0 aliphatic carbocycles. The van der Waals surface area contributed by atoms with Crippen LogP contribution < -0.4 is 0 Å². The molecule has 3 heteroatoms. The lowest BCUT2D eigenvalue weighted by molar-refractivity contribution is 0.965. The van der Waals surface area contributed by atoms with Crippen LogP contribution in [0.25, 0.3) is 10.9 Å². The molecule has 0 fully saturated rings. The van der Waals surface area contributed by atoms with Gasteiger partial charge in [-0.25, -0.2) is 0 Å². The molecule has 0 saturated heterocycles. The van der Waals surface area contributed by atoms with Gasteiger partial charge in [0, 0.05) is 28.6 Å². The third-order valence-electron chi connectivity index (χ3n) is 2.29. The first-order chi connectivity index (χ1) is 6.72. The summed E-state index contributed by atoms with van der Waals surface area (Å²) in [6, 6.07) is 8.26. The third kappa shape index (κ3) is 1.42. The number of benzene rings is 1. The number of nitrogens with zero attached hydrogens (tertiary/aromatic N) is 2. The van der Waals surface area contributed by atoms with E-state index in [-0.39, 0.29) is 0 Å². The molecule has 0 amide bonds. The summed E-state index contributed by atoms with van der Waals surface area (Å²) in [4.78, 5) is 0. The van der Waals surface area contributed by atoms with Crippen molar-refractivity contribution in [2.24, 2.45) is 7.05 Å². The molecule has 1 aromatic carbocycles. The lowest BCUT2D eigenvalue weighted by Gasteiger charge is -1.98. The molecule has 2 rings (SSSR count). The highest BCUT2D eigenvalue weighted by atomic mass is 79.9. The average Bonchev–Trinajstić information content (AvgIpc) is 2.43. The Morgan fingerprint density at radius 1 is 1.50 bits per heavy atom. The molecule has 2 aromatic rings. The molecule has 2 nitrogen and oxygen atoms in total. The van der Waals surface area contributed by atoms with Gasteiger partial charge in [0.1, 0.15) is 0 Å². The molecule has 1 aromatic heterocycles. The van der Waals surface area contributed by atoms with Crippen molar-refractivity contribution in [3.63, 3.8) is 0 Å². The molecule has 0 N–H and O–H groups in total. The zero-order valence-corrected chi connectivity index (χ0v) is 9.37. The second kappa shape index (κ2) is 3.47. The van der Waals surface area contributed by atoms with E-state index in [0.717, 1.165) is 15.6 Å². The quantitative estimate of drug-likeness (QED) is 0.763. The van der Waals surface area contributed by atoms with Crippen molar-refractivity contribution in [2.75, 3.05) is 0 Å². The van der Waals surface area contributed by atoms with Crippen molar-refractivity contribution >= 4 is 26.8 Å². The Morgan fingerprint density at radius 2 is 2.29 bits per heavy atom. The zero-order valence-electron chi connectivity index (χ0n) is 7.79. The van der Waals surface area contributed by atoms with E-state index in [1.54, 1.807) is 0 Å². The fourth-order valence-corrected chi connectivity index (χ4v) is 2.22. The molecule has 0 atom stereocenters. The Labute approximate surface area is 90.9 Å². The Kier molecular flexibility index (Phi) is 2.30. The van der Waals surface area contributed by atoms with Gasteiger partial charge in [0.25, 0.3) is 0 Å². The van der Waals surface area contributed by atoms with Gasteiger partial charge in [0.15, 0.2) is 0 Å². The van der Waals surface area contributed by atoms with Crippen LogP contribution in [0.1, 0.15) is 5.56 Å². The molecular weight excluding hydrogens is 240 g/mol. The minimum atomic E-state index is 0.471. The summed E-state index contributed by atoms with van der Waals surface area (Å²) >= 11 is 3.50. The van der Waals surface area contributed by atoms with Crippen molar-refractivity contribution in [1.82, 2.24) is 4.57 Å². The van der Waals surface area contributed by atoms with Crippen LogP contribution in [0.5, 0.6) is 0 Å². The predicted molar refractivity (Wildman–Crippen MR) is 59.9 cm³/mol. The van der Waals surface area contributed by atoms with Crippen molar-refractivity contribution in [2.45, 2.75) is 6.42 Å². The van der Waals surface area contributed by atoms with Gasteiger partial charge in [-0.15, -0.1) is 0 Å². The van der Waals surface area contributed by atoms with Crippen LogP contribution in [0.3, 0.4) is 0 Å². The first kappa shape index (κ1) is 9.29. The van der Waals surface area contributed by atoms with Gasteiger partial charge in [0.2, 0.25) is 0 Å². The molecule has 0 aliphatic rings. The Hall–Kier alpha value is -1.27. The van der Waals surface area contributed by atoms with Gasteiger partial charge in [0.05, 0.1) is 12.5 Å². The molecule has 0 unspecified atom stereocenters. The molecule has 0 aliphatic heterocycles. The average molecular weight is 249 g/mol. The molecule has 0 radical (unpaired) electrons. The maximum Gasteiger partial charge on any atom is 0.0669 e. The fourth-order valence-electron chi connectivity index (χ4n) is 1.58. The maximum atomic E-state index is 8.60. The first-order valence-corrected chi connectivity index (χ1v) is 5.12. The Balaban J connectivity index is 2.66. The molecule has 0 bridgehead atoms. The monoisotopic (exact) mass is 248 g/mol. The van der Waals surface area contributed by atoms with E-state index in [4.69, 9.17) is 5.26 Å². The zero-order chi connectivity index (χ0) is 10.1. The van der Waals surface area contributed by atoms with Crippen LogP contribution in [-0.2, 0) is 13.5 Å². The number of aromatic nitrogens is 1. The molecule has 14 heavy (non-hydrogen) atoms. The highest BCUT2D eigenvalue weighted by Crippen LogP contribution is 2.26. The standard InChI is InChI=1S/C11H9BrN2/c1-14-7-10(12)9-3-2-8(4-5-13)6-11(9)14/h2-3,6-7H,4H2,1H3.